The summed E-state index contributed by atoms with van der Waals surface area (Å²) < 4.78 is 0. The van der Waals surface area contributed by atoms with Crippen LogP contribution in [0.25, 0.3) is 0 Å². The molecule has 8 heteroatoms. The van der Waals surface area contributed by atoms with Crippen molar-refractivity contribution in [2.75, 3.05) is 0 Å². The van der Waals surface area contributed by atoms with E-state index in [1.165, 1.54) is 0 Å². The predicted molar refractivity (Wildman–Crippen MR) is 80.4 cm³/mol. The molecular formula is C12H24Cl2N2O4. The van der Waals surface area contributed by atoms with Crippen LogP contribution < -0.4 is 11.5 Å². The summed E-state index contributed by atoms with van der Waals surface area (Å²) in [5.41, 5.74) is 11.0. The first-order valence-electron chi connectivity index (χ1n) is 6.40. The van der Waals surface area contributed by atoms with E-state index in [-0.39, 0.29) is 48.7 Å². The van der Waals surface area contributed by atoms with Crippen molar-refractivity contribution in [1.82, 2.24) is 0 Å². The van der Waals surface area contributed by atoms with Crippen molar-refractivity contribution in [3.63, 3.8) is 0 Å². The highest BCUT2D eigenvalue weighted by Crippen LogP contribution is 2.24. The minimum Gasteiger partial charge on any atom is -0.481 e. The molecule has 4 atom stereocenters. The van der Waals surface area contributed by atoms with Gasteiger partial charge in [-0.05, 0) is 25.7 Å². The van der Waals surface area contributed by atoms with Crippen LogP contribution in [-0.4, -0.2) is 34.2 Å². The van der Waals surface area contributed by atoms with Crippen molar-refractivity contribution in [1.29, 1.82) is 0 Å². The number of rotatable bonds is 2. The second kappa shape index (κ2) is 10.2. The number of carbonyl (C=O) groups is 2. The van der Waals surface area contributed by atoms with Crippen LogP contribution in [-0.2, 0) is 9.59 Å². The summed E-state index contributed by atoms with van der Waals surface area (Å²) in [4.78, 5) is 20.7. The van der Waals surface area contributed by atoms with Gasteiger partial charge in [0.25, 0.3) is 0 Å². The molecule has 0 aliphatic heterocycles. The molecule has 0 aromatic heterocycles. The van der Waals surface area contributed by atoms with E-state index in [4.69, 9.17) is 21.7 Å². The third-order valence-electron chi connectivity index (χ3n) is 3.77. The summed E-state index contributed by atoms with van der Waals surface area (Å²) in [6.07, 6.45) is 5.21. The maximum absolute atomic E-state index is 10.3. The zero-order valence-electron chi connectivity index (χ0n) is 11.2. The number of carboxylic acid groups (broad SMARTS) is 2. The molecule has 2 rings (SSSR count). The average Bonchev–Trinajstić information content (AvgIpc) is 2.87. The molecule has 0 unspecified atom stereocenters. The minimum absolute atomic E-state index is 0. The van der Waals surface area contributed by atoms with E-state index in [0.717, 1.165) is 38.5 Å². The van der Waals surface area contributed by atoms with Crippen LogP contribution >= 0.6 is 24.8 Å². The van der Waals surface area contributed by atoms with Crippen LogP contribution in [0.15, 0.2) is 0 Å². The number of carboxylic acids is 2. The largest absolute Gasteiger partial charge is 0.481 e. The van der Waals surface area contributed by atoms with Gasteiger partial charge in [-0.3, -0.25) is 9.59 Å². The van der Waals surface area contributed by atoms with Crippen LogP contribution in [0.2, 0.25) is 0 Å². The van der Waals surface area contributed by atoms with Gasteiger partial charge in [0.05, 0.1) is 11.8 Å². The highest BCUT2D eigenvalue weighted by atomic mass is 35.5. The van der Waals surface area contributed by atoms with Gasteiger partial charge in [0.15, 0.2) is 0 Å². The predicted octanol–water partition coefficient (Wildman–Crippen LogP) is 1.24. The Hall–Kier alpha value is -0.560. The summed E-state index contributed by atoms with van der Waals surface area (Å²) in [6.45, 7) is 0. The average molecular weight is 331 g/mol. The van der Waals surface area contributed by atoms with Gasteiger partial charge < -0.3 is 21.7 Å². The third-order valence-corrected chi connectivity index (χ3v) is 3.77. The first-order valence-corrected chi connectivity index (χ1v) is 6.40. The fraction of sp³-hybridized carbons (Fsp3) is 0.833. The molecule has 2 fully saturated rings. The van der Waals surface area contributed by atoms with Crippen molar-refractivity contribution in [2.45, 2.75) is 50.6 Å². The Morgan fingerprint density at radius 1 is 0.750 bits per heavy atom. The molecule has 0 aromatic rings. The topological polar surface area (TPSA) is 127 Å². The molecule has 2 aliphatic carbocycles. The second-order valence-corrected chi connectivity index (χ2v) is 5.08. The number of hydrogen-bond acceptors (Lipinski definition) is 4. The Labute approximate surface area is 131 Å². The Balaban J connectivity index is 0. The van der Waals surface area contributed by atoms with E-state index in [0.29, 0.717) is 0 Å². The maximum Gasteiger partial charge on any atom is 0.308 e. The molecule has 2 aliphatic rings. The molecule has 0 radical (unpaired) electrons. The normalized spacial score (nSPS) is 31.3. The molecule has 0 amide bonds. The first kappa shape index (κ1) is 21.7. The van der Waals surface area contributed by atoms with Crippen LogP contribution in [0.5, 0.6) is 0 Å². The van der Waals surface area contributed by atoms with Gasteiger partial charge in [-0.2, -0.15) is 0 Å². The van der Waals surface area contributed by atoms with Crippen LogP contribution in [0.4, 0.5) is 0 Å². The molecule has 0 bridgehead atoms. The molecule has 0 saturated heterocycles. The second-order valence-electron chi connectivity index (χ2n) is 5.08. The molecule has 6 nitrogen and oxygen atoms in total. The van der Waals surface area contributed by atoms with Crippen LogP contribution in [0.1, 0.15) is 38.5 Å². The summed E-state index contributed by atoms with van der Waals surface area (Å²) in [6, 6.07) is -0.190. The van der Waals surface area contributed by atoms with Gasteiger partial charge in [0, 0.05) is 12.1 Å². The zero-order valence-corrected chi connectivity index (χ0v) is 12.9. The fourth-order valence-electron chi connectivity index (χ4n) is 2.59. The van der Waals surface area contributed by atoms with Crippen molar-refractivity contribution in [3.8, 4) is 0 Å². The van der Waals surface area contributed by atoms with E-state index in [9.17, 15) is 9.59 Å². The Bertz CT molecular complexity index is 288. The summed E-state index contributed by atoms with van der Waals surface area (Å²) in [7, 11) is 0. The molecule has 20 heavy (non-hydrogen) atoms. The number of aliphatic carboxylic acids is 2. The summed E-state index contributed by atoms with van der Waals surface area (Å²) in [5.74, 6) is -2.02. The van der Waals surface area contributed by atoms with Crippen molar-refractivity contribution < 1.29 is 19.8 Å². The number of nitrogens with two attached hydrogens (primary N) is 2. The van der Waals surface area contributed by atoms with Crippen LogP contribution in [0.3, 0.4) is 0 Å². The maximum atomic E-state index is 10.3. The standard InChI is InChI=1S/2C6H11NO2.2ClH/c2*7-5-3-1-2-4(5)6(8)9;;/h2*4-5H,1-3,7H2,(H,8,9);2*1H/t2*4-,5+;;/m10../s1. The lowest BCUT2D eigenvalue weighted by atomic mass is 10.1. The SMILES string of the molecule is Cl.Cl.N[C@@H]1CCC[C@@H]1C(=O)O.N[C@H]1CCC[C@H]1C(=O)O. The Kier molecular flexibility index (Phi) is 11.1. The molecule has 0 heterocycles. The van der Waals surface area contributed by atoms with Crippen LogP contribution in [0, 0.1) is 11.8 Å². The molecular weight excluding hydrogens is 307 g/mol. The lowest BCUT2D eigenvalue weighted by Gasteiger charge is -2.07. The van der Waals surface area contributed by atoms with Gasteiger partial charge in [-0.25, -0.2) is 0 Å². The minimum atomic E-state index is -0.736. The Morgan fingerprint density at radius 2 is 1.05 bits per heavy atom. The van der Waals surface area contributed by atoms with Crippen molar-refractivity contribution in [2.24, 2.45) is 23.3 Å². The molecule has 6 N–H and O–H groups in total. The lowest BCUT2D eigenvalue weighted by molar-refractivity contribution is -0.142. The highest BCUT2D eigenvalue weighted by molar-refractivity contribution is 5.85. The monoisotopic (exact) mass is 330 g/mol. The lowest BCUT2D eigenvalue weighted by Crippen LogP contribution is -2.30. The summed E-state index contributed by atoms with van der Waals surface area (Å²) in [5, 5.41) is 17.0. The number of hydrogen-bond donors (Lipinski definition) is 4. The Morgan fingerprint density at radius 3 is 1.15 bits per heavy atom. The van der Waals surface area contributed by atoms with Gasteiger partial charge in [0.1, 0.15) is 0 Å². The molecule has 2 saturated carbocycles. The van der Waals surface area contributed by atoms with E-state index in [2.05, 4.69) is 0 Å². The molecule has 0 aromatic carbocycles. The van der Waals surface area contributed by atoms with Crippen molar-refractivity contribution >= 4 is 36.8 Å². The third kappa shape index (κ3) is 6.26. The quantitative estimate of drug-likeness (QED) is 0.603. The van der Waals surface area contributed by atoms with E-state index in [1.54, 1.807) is 0 Å². The molecule has 0 spiro atoms. The molecule has 120 valence electrons. The summed E-state index contributed by atoms with van der Waals surface area (Å²) >= 11 is 0. The van der Waals surface area contributed by atoms with Crippen molar-refractivity contribution in [3.05, 3.63) is 0 Å². The highest BCUT2D eigenvalue weighted by Gasteiger charge is 2.30. The fourth-order valence-corrected chi connectivity index (χ4v) is 2.59. The van der Waals surface area contributed by atoms with Gasteiger partial charge >= 0.3 is 11.9 Å². The van der Waals surface area contributed by atoms with E-state index >= 15 is 0 Å². The smallest absolute Gasteiger partial charge is 0.308 e. The van der Waals surface area contributed by atoms with Gasteiger partial charge in [0.2, 0.25) is 0 Å². The van der Waals surface area contributed by atoms with E-state index < -0.39 is 11.9 Å². The first-order chi connectivity index (χ1) is 8.43. The number of halogens is 2. The van der Waals surface area contributed by atoms with E-state index in [1.807, 2.05) is 0 Å². The van der Waals surface area contributed by atoms with Gasteiger partial charge in [-0.1, -0.05) is 12.8 Å². The zero-order chi connectivity index (χ0) is 13.7. The van der Waals surface area contributed by atoms with Gasteiger partial charge in [-0.15, -0.1) is 24.8 Å².